The number of nitrogens with two attached hydrogens (primary N) is 1. The molecule has 1 unspecified atom stereocenters. The van der Waals surface area contributed by atoms with E-state index < -0.39 is 0 Å². The summed E-state index contributed by atoms with van der Waals surface area (Å²) < 4.78 is 5.07. The molecule has 0 saturated carbocycles. The Bertz CT molecular complexity index is 233. The minimum Gasteiger partial charge on any atom is -0.383 e. The van der Waals surface area contributed by atoms with Crippen LogP contribution in [0.5, 0.6) is 0 Å². The van der Waals surface area contributed by atoms with Crippen molar-refractivity contribution in [2.75, 3.05) is 26.8 Å². The summed E-state index contributed by atoms with van der Waals surface area (Å²) >= 11 is 0. The fraction of sp³-hybridized carbons (Fsp3) is 0.909. The van der Waals surface area contributed by atoms with E-state index in [1.54, 1.807) is 7.11 Å². The van der Waals surface area contributed by atoms with E-state index in [-0.39, 0.29) is 11.9 Å². The Morgan fingerprint density at radius 3 is 2.50 bits per heavy atom. The van der Waals surface area contributed by atoms with Crippen LogP contribution in [0.4, 0.5) is 0 Å². The van der Waals surface area contributed by atoms with Crippen LogP contribution in [0, 0.1) is 5.41 Å². The van der Waals surface area contributed by atoms with Crippen LogP contribution in [0.15, 0.2) is 0 Å². The number of hydrazine groups is 1. The molecule has 5 nitrogen and oxygen atoms in total. The number of likely N-dealkylation sites (tertiary alicyclic amines) is 1. The molecule has 0 aromatic carbocycles. The first-order valence-corrected chi connectivity index (χ1v) is 5.73. The fourth-order valence-corrected chi connectivity index (χ4v) is 2.04. The van der Waals surface area contributed by atoms with Gasteiger partial charge in [0.25, 0.3) is 5.91 Å². The first-order valence-electron chi connectivity index (χ1n) is 5.73. The van der Waals surface area contributed by atoms with Crippen molar-refractivity contribution in [3.8, 4) is 0 Å². The summed E-state index contributed by atoms with van der Waals surface area (Å²) in [5.41, 5.74) is 2.59. The van der Waals surface area contributed by atoms with Crippen LogP contribution in [0.2, 0.25) is 0 Å². The highest BCUT2D eigenvalue weighted by atomic mass is 16.5. The topological polar surface area (TPSA) is 67.6 Å². The smallest absolute Gasteiger partial charge is 0.253 e. The summed E-state index contributed by atoms with van der Waals surface area (Å²) in [5, 5.41) is 0. The Balaban J connectivity index is 2.56. The number of carbonyl (C=O) groups excluding carboxylic acids is 1. The van der Waals surface area contributed by atoms with Gasteiger partial charge in [0.1, 0.15) is 6.04 Å². The molecule has 1 aliphatic rings. The predicted molar refractivity (Wildman–Crippen MR) is 62.6 cm³/mol. The zero-order valence-electron chi connectivity index (χ0n) is 10.5. The maximum absolute atomic E-state index is 11.6. The van der Waals surface area contributed by atoms with Gasteiger partial charge in [0.05, 0.1) is 6.61 Å². The summed E-state index contributed by atoms with van der Waals surface area (Å²) in [5.74, 6) is 5.02. The molecule has 1 rings (SSSR count). The van der Waals surface area contributed by atoms with Gasteiger partial charge in [-0.15, -0.1) is 0 Å². The maximum atomic E-state index is 11.6. The Kier molecular flexibility index (Phi) is 4.70. The summed E-state index contributed by atoms with van der Waals surface area (Å²) in [6, 6.07) is -0.258. The minimum atomic E-state index is -0.258. The third-order valence-electron chi connectivity index (χ3n) is 3.36. The Morgan fingerprint density at radius 1 is 1.50 bits per heavy atom. The van der Waals surface area contributed by atoms with Crippen molar-refractivity contribution in [2.45, 2.75) is 32.7 Å². The molecule has 0 aromatic rings. The molecule has 0 aliphatic carbocycles. The van der Waals surface area contributed by atoms with Gasteiger partial charge < -0.3 is 4.74 Å². The van der Waals surface area contributed by atoms with Crippen LogP contribution in [0.25, 0.3) is 0 Å². The Labute approximate surface area is 97.3 Å². The molecule has 16 heavy (non-hydrogen) atoms. The first kappa shape index (κ1) is 13.4. The number of amides is 1. The SMILES string of the molecule is COCC(C(=O)NN)N1CCC(C)(C)CC1. The normalized spacial score (nSPS) is 22.8. The van der Waals surface area contributed by atoms with Gasteiger partial charge in [-0.3, -0.25) is 15.1 Å². The lowest BCUT2D eigenvalue weighted by atomic mass is 9.82. The van der Waals surface area contributed by atoms with Crippen molar-refractivity contribution < 1.29 is 9.53 Å². The number of rotatable bonds is 4. The molecule has 1 fully saturated rings. The van der Waals surface area contributed by atoms with E-state index in [0.717, 1.165) is 25.9 Å². The number of hydrogen-bond acceptors (Lipinski definition) is 4. The average Bonchev–Trinajstić information content (AvgIpc) is 2.25. The van der Waals surface area contributed by atoms with Crippen molar-refractivity contribution in [2.24, 2.45) is 11.3 Å². The van der Waals surface area contributed by atoms with Gasteiger partial charge in [-0.25, -0.2) is 5.84 Å². The van der Waals surface area contributed by atoms with E-state index in [0.29, 0.717) is 12.0 Å². The summed E-state index contributed by atoms with van der Waals surface area (Å²) in [6.45, 7) is 6.77. The Hall–Kier alpha value is -0.650. The van der Waals surface area contributed by atoms with Gasteiger partial charge in [-0.2, -0.15) is 0 Å². The highest BCUT2D eigenvalue weighted by Crippen LogP contribution is 2.30. The highest BCUT2D eigenvalue weighted by Gasteiger charge is 2.32. The van der Waals surface area contributed by atoms with Gasteiger partial charge in [-0.05, 0) is 31.3 Å². The van der Waals surface area contributed by atoms with Gasteiger partial charge in [0.2, 0.25) is 0 Å². The number of hydrogen-bond donors (Lipinski definition) is 2. The van der Waals surface area contributed by atoms with E-state index >= 15 is 0 Å². The van der Waals surface area contributed by atoms with Crippen LogP contribution >= 0.6 is 0 Å². The third-order valence-corrected chi connectivity index (χ3v) is 3.36. The summed E-state index contributed by atoms with van der Waals surface area (Å²) in [6.07, 6.45) is 2.20. The lowest BCUT2D eigenvalue weighted by molar-refractivity contribution is -0.129. The van der Waals surface area contributed by atoms with Crippen molar-refractivity contribution in [1.29, 1.82) is 0 Å². The van der Waals surface area contributed by atoms with Gasteiger partial charge >= 0.3 is 0 Å². The van der Waals surface area contributed by atoms with Crippen LogP contribution in [-0.4, -0.2) is 43.7 Å². The van der Waals surface area contributed by atoms with Gasteiger partial charge in [-0.1, -0.05) is 13.8 Å². The lowest BCUT2D eigenvalue weighted by Crippen LogP contribution is -2.54. The quantitative estimate of drug-likeness (QED) is 0.408. The van der Waals surface area contributed by atoms with Gasteiger partial charge in [0.15, 0.2) is 0 Å². The second kappa shape index (κ2) is 5.61. The fourth-order valence-electron chi connectivity index (χ4n) is 2.04. The second-order valence-corrected chi connectivity index (χ2v) is 5.18. The average molecular weight is 229 g/mol. The zero-order chi connectivity index (χ0) is 12.2. The molecule has 94 valence electrons. The number of nitrogens with one attached hydrogen (secondary N) is 1. The number of methoxy groups -OCH3 is 1. The number of nitrogens with zero attached hydrogens (tertiary/aromatic N) is 1. The Morgan fingerprint density at radius 2 is 2.06 bits per heavy atom. The predicted octanol–water partition coefficient (Wildman–Crippen LogP) is 0.113. The minimum absolute atomic E-state index is 0.165. The van der Waals surface area contributed by atoms with E-state index in [9.17, 15) is 4.79 Å². The van der Waals surface area contributed by atoms with Gasteiger partial charge in [0, 0.05) is 7.11 Å². The maximum Gasteiger partial charge on any atom is 0.253 e. The van der Waals surface area contributed by atoms with Crippen molar-refractivity contribution in [3.05, 3.63) is 0 Å². The molecule has 1 amide bonds. The van der Waals surface area contributed by atoms with Crippen molar-refractivity contribution in [3.63, 3.8) is 0 Å². The largest absolute Gasteiger partial charge is 0.383 e. The monoisotopic (exact) mass is 229 g/mol. The molecule has 0 bridgehead atoms. The molecule has 1 aliphatic heterocycles. The standard InChI is InChI=1S/C11H23N3O2/c1-11(2)4-6-14(7-5-11)9(8-16-3)10(15)13-12/h9H,4-8,12H2,1-3H3,(H,13,15). The van der Waals surface area contributed by atoms with E-state index in [1.807, 2.05) is 0 Å². The summed E-state index contributed by atoms with van der Waals surface area (Å²) in [4.78, 5) is 13.8. The van der Waals surface area contributed by atoms with Crippen LogP contribution < -0.4 is 11.3 Å². The van der Waals surface area contributed by atoms with Crippen molar-refractivity contribution in [1.82, 2.24) is 10.3 Å². The number of carbonyl (C=O) groups is 1. The molecule has 0 spiro atoms. The lowest BCUT2D eigenvalue weighted by Gasteiger charge is -2.40. The third kappa shape index (κ3) is 3.43. The molecule has 0 aromatic heterocycles. The van der Waals surface area contributed by atoms with E-state index in [2.05, 4.69) is 24.2 Å². The zero-order valence-corrected chi connectivity index (χ0v) is 10.5. The molecule has 1 saturated heterocycles. The summed E-state index contributed by atoms with van der Waals surface area (Å²) in [7, 11) is 1.60. The molecule has 5 heteroatoms. The van der Waals surface area contributed by atoms with Crippen LogP contribution in [0.1, 0.15) is 26.7 Å². The molecule has 1 atom stereocenters. The van der Waals surface area contributed by atoms with Crippen LogP contribution in [-0.2, 0) is 9.53 Å². The first-order chi connectivity index (χ1) is 7.50. The highest BCUT2D eigenvalue weighted by molar-refractivity contribution is 5.81. The van der Waals surface area contributed by atoms with Crippen LogP contribution in [0.3, 0.4) is 0 Å². The second-order valence-electron chi connectivity index (χ2n) is 5.18. The van der Waals surface area contributed by atoms with E-state index in [4.69, 9.17) is 10.6 Å². The molecular formula is C11H23N3O2. The molecule has 0 radical (unpaired) electrons. The van der Waals surface area contributed by atoms with Crippen molar-refractivity contribution >= 4 is 5.91 Å². The molecule has 3 N–H and O–H groups in total. The number of ether oxygens (including phenoxy) is 1. The number of piperidine rings is 1. The van der Waals surface area contributed by atoms with E-state index in [1.165, 1.54) is 0 Å². The molecule has 1 heterocycles. The molecular weight excluding hydrogens is 206 g/mol.